The van der Waals surface area contributed by atoms with Crippen LogP contribution in [0.5, 0.6) is 0 Å². The molecule has 1 aliphatic rings. The van der Waals surface area contributed by atoms with E-state index < -0.39 is 17.6 Å². The Balaban J connectivity index is 1.84. The summed E-state index contributed by atoms with van der Waals surface area (Å²) in [6.07, 6.45) is 1.10. The van der Waals surface area contributed by atoms with Crippen LogP contribution in [0.3, 0.4) is 0 Å². The summed E-state index contributed by atoms with van der Waals surface area (Å²) in [6.45, 7) is 9.29. The van der Waals surface area contributed by atoms with Crippen LogP contribution in [0, 0.1) is 12.8 Å². The Morgan fingerprint density at radius 2 is 1.92 bits per heavy atom. The first-order valence-electron chi connectivity index (χ1n) is 8.66. The van der Waals surface area contributed by atoms with Crippen molar-refractivity contribution in [2.24, 2.45) is 5.92 Å². The molecule has 0 aromatic carbocycles. The monoisotopic (exact) mass is 382 g/mol. The maximum Gasteiger partial charge on any atom is 0.341 e. The lowest BCUT2D eigenvalue weighted by Gasteiger charge is -2.35. The number of rotatable bonds is 5. The highest BCUT2D eigenvalue weighted by atomic mass is 32.1. The molecule has 1 aromatic rings. The van der Waals surface area contributed by atoms with E-state index >= 15 is 0 Å². The Bertz CT molecular complexity index is 686. The van der Waals surface area contributed by atoms with Gasteiger partial charge in [0.25, 0.3) is 0 Å². The Morgan fingerprint density at radius 1 is 1.27 bits per heavy atom. The average Bonchev–Trinajstić information content (AvgIpc) is 2.81. The fourth-order valence-electron chi connectivity index (χ4n) is 2.63. The molecule has 2 N–H and O–H groups in total. The van der Waals surface area contributed by atoms with Crippen molar-refractivity contribution in [1.29, 1.82) is 0 Å². The minimum Gasteiger partial charge on any atom is -0.462 e. The number of hydrogen-bond donors (Lipinski definition) is 2. The normalized spacial score (nSPS) is 19.3. The van der Waals surface area contributed by atoms with E-state index in [1.165, 1.54) is 11.3 Å². The van der Waals surface area contributed by atoms with Gasteiger partial charge in [-0.3, -0.25) is 10.1 Å². The van der Waals surface area contributed by atoms with E-state index in [1.54, 1.807) is 19.2 Å². The molecule has 0 aliphatic heterocycles. The van der Waals surface area contributed by atoms with Crippen LogP contribution in [-0.2, 0) is 14.3 Å². The van der Waals surface area contributed by atoms with Crippen LogP contribution in [-0.4, -0.2) is 36.2 Å². The van der Waals surface area contributed by atoms with Crippen molar-refractivity contribution < 1.29 is 23.9 Å². The van der Waals surface area contributed by atoms with Gasteiger partial charge in [0.05, 0.1) is 18.1 Å². The molecule has 8 heteroatoms. The minimum absolute atomic E-state index is 0.0837. The van der Waals surface area contributed by atoms with Crippen molar-refractivity contribution in [3.8, 4) is 0 Å². The number of thiophene rings is 1. The van der Waals surface area contributed by atoms with Crippen LogP contribution in [0.1, 0.15) is 56.5 Å². The number of carbonyl (C=O) groups is 3. The van der Waals surface area contributed by atoms with E-state index in [1.807, 2.05) is 20.8 Å². The molecule has 1 fully saturated rings. The fourth-order valence-corrected chi connectivity index (χ4v) is 3.56. The molecule has 26 heavy (non-hydrogen) atoms. The van der Waals surface area contributed by atoms with Crippen molar-refractivity contribution in [3.05, 3.63) is 16.5 Å². The smallest absolute Gasteiger partial charge is 0.341 e. The topological polar surface area (TPSA) is 93.7 Å². The number of anilines is 1. The van der Waals surface area contributed by atoms with Gasteiger partial charge < -0.3 is 14.8 Å². The molecule has 144 valence electrons. The van der Waals surface area contributed by atoms with Crippen molar-refractivity contribution in [2.45, 2.75) is 59.1 Å². The third-order valence-electron chi connectivity index (χ3n) is 3.89. The number of hydrogen-bond acceptors (Lipinski definition) is 6. The molecule has 0 saturated heterocycles. The third-order valence-corrected chi connectivity index (χ3v) is 4.91. The first-order chi connectivity index (χ1) is 12.1. The minimum atomic E-state index is -0.506. The lowest BCUT2D eigenvalue weighted by molar-refractivity contribution is -0.163. The van der Waals surface area contributed by atoms with Gasteiger partial charge in [0, 0.05) is 6.04 Å². The van der Waals surface area contributed by atoms with Crippen molar-refractivity contribution in [1.82, 2.24) is 5.32 Å². The molecule has 2 rings (SSSR count). The van der Waals surface area contributed by atoms with Gasteiger partial charge in [-0.2, -0.15) is 0 Å². The van der Waals surface area contributed by atoms with Crippen LogP contribution in [0.4, 0.5) is 9.80 Å². The number of nitrogens with one attached hydrogen (secondary N) is 2. The molecule has 0 radical (unpaired) electrons. The van der Waals surface area contributed by atoms with Gasteiger partial charge in [0.1, 0.15) is 10.6 Å². The van der Waals surface area contributed by atoms with Crippen LogP contribution < -0.4 is 10.6 Å². The first kappa shape index (κ1) is 20.2. The molecular weight excluding hydrogens is 356 g/mol. The Labute approximate surface area is 157 Å². The van der Waals surface area contributed by atoms with Gasteiger partial charge in [-0.15, -0.1) is 11.3 Å². The van der Waals surface area contributed by atoms with Crippen LogP contribution in [0.25, 0.3) is 0 Å². The number of aryl methyl sites for hydroxylation is 1. The predicted molar refractivity (Wildman–Crippen MR) is 99.5 cm³/mol. The Hall–Kier alpha value is -2.09. The standard InChI is InChI=1S/C18H26N2O5S/c1-6-24-16(22)13-10(2)9-26-14(13)20-17(23)19-12-7-11(8-12)15(21)25-18(3,4)5/h9,11-12H,6-8H2,1-5H3,(H2,19,20,23)/t11-,12-. The molecule has 0 atom stereocenters. The SMILES string of the molecule is CCOC(=O)c1c(C)csc1NC(=O)N[C@H]1C[C@H](C(=O)OC(C)(C)C)C1. The van der Waals surface area contributed by atoms with Crippen LogP contribution >= 0.6 is 11.3 Å². The molecule has 1 aromatic heterocycles. The van der Waals surface area contributed by atoms with Crippen molar-refractivity contribution >= 4 is 34.3 Å². The molecule has 0 bridgehead atoms. The van der Waals surface area contributed by atoms with Crippen molar-refractivity contribution in [2.75, 3.05) is 11.9 Å². The summed E-state index contributed by atoms with van der Waals surface area (Å²) in [5, 5.41) is 7.78. The van der Waals surface area contributed by atoms with Gasteiger partial charge in [-0.05, 0) is 58.4 Å². The summed E-state index contributed by atoms with van der Waals surface area (Å²) in [5.41, 5.74) is 0.637. The molecule has 2 amide bonds. The maximum atomic E-state index is 12.2. The summed E-state index contributed by atoms with van der Waals surface area (Å²) in [7, 11) is 0. The lowest BCUT2D eigenvalue weighted by atomic mass is 9.80. The largest absolute Gasteiger partial charge is 0.462 e. The Kier molecular flexibility index (Phi) is 6.28. The zero-order valence-corrected chi connectivity index (χ0v) is 16.6. The van der Waals surface area contributed by atoms with Gasteiger partial charge >= 0.3 is 18.0 Å². The average molecular weight is 382 g/mol. The van der Waals surface area contributed by atoms with E-state index in [-0.39, 0.29) is 24.5 Å². The number of carbonyl (C=O) groups excluding carboxylic acids is 3. The summed E-state index contributed by atoms with van der Waals surface area (Å²) in [6, 6.07) is -0.482. The molecule has 1 aliphatic carbocycles. The van der Waals surface area contributed by atoms with E-state index in [9.17, 15) is 14.4 Å². The number of esters is 2. The lowest BCUT2D eigenvalue weighted by Crippen LogP contribution is -2.49. The van der Waals surface area contributed by atoms with Crippen LogP contribution in [0.15, 0.2) is 5.38 Å². The van der Waals surface area contributed by atoms with E-state index in [0.29, 0.717) is 23.4 Å². The molecule has 0 unspecified atom stereocenters. The predicted octanol–water partition coefficient (Wildman–Crippen LogP) is 3.48. The quantitative estimate of drug-likeness (QED) is 0.761. The number of urea groups is 1. The third kappa shape index (κ3) is 5.20. The second-order valence-corrected chi connectivity index (χ2v) is 8.22. The molecule has 1 heterocycles. The van der Waals surface area contributed by atoms with Gasteiger partial charge in [-0.1, -0.05) is 0 Å². The maximum absolute atomic E-state index is 12.2. The van der Waals surface area contributed by atoms with E-state index in [4.69, 9.17) is 9.47 Å². The Morgan fingerprint density at radius 3 is 2.50 bits per heavy atom. The van der Waals surface area contributed by atoms with Gasteiger partial charge in [0.2, 0.25) is 0 Å². The van der Waals surface area contributed by atoms with Gasteiger partial charge in [0.15, 0.2) is 0 Å². The molecule has 1 saturated carbocycles. The van der Waals surface area contributed by atoms with Gasteiger partial charge in [-0.25, -0.2) is 9.59 Å². The highest BCUT2D eigenvalue weighted by molar-refractivity contribution is 7.15. The second-order valence-electron chi connectivity index (χ2n) is 7.34. The molecule has 0 spiro atoms. The summed E-state index contributed by atoms with van der Waals surface area (Å²) in [5.74, 6) is -0.858. The zero-order valence-electron chi connectivity index (χ0n) is 15.8. The van der Waals surface area contributed by atoms with Crippen molar-refractivity contribution in [3.63, 3.8) is 0 Å². The number of ether oxygens (including phenoxy) is 2. The van der Waals surface area contributed by atoms with E-state index in [0.717, 1.165) is 5.56 Å². The fraction of sp³-hybridized carbons (Fsp3) is 0.611. The summed E-state index contributed by atoms with van der Waals surface area (Å²) >= 11 is 1.28. The summed E-state index contributed by atoms with van der Waals surface area (Å²) in [4.78, 5) is 36.1. The van der Waals surface area contributed by atoms with Crippen LogP contribution in [0.2, 0.25) is 0 Å². The second kappa shape index (κ2) is 8.07. The highest BCUT2D eigenvalue weighted by Gasteiger charge is 2.38. The number of amides is 2. The summed E-state index contributed by atoms with van der Waals surface area (Å²) < 4.78 is 10.4. The molecular formula is C18H26N2O5S. The first-order valence-corrected chi connectivity index (χ1v) is 9.54. The van der Waals surface area contributed by atoms with E-state index in [2.05, 4.69) is 10.6 Å². The molecule has 7 nitrogen and oxygen atoms in total. The highest BCUT2D eigenvalue weighted by Crippen LogP contribution is 2.31. The zero-order chi connectivity index (χ0) is 19.5.